The molecule has 1 aliphatic heterocycles. The number of aromatic nitrogens is 2. The summed E-state index contributed by atoms with van der Waals surface area (Å²) in [6.45, 7) is -0.614. The van der Waals surface area contributed by atoms with Crippen molar-refractivity contribution >= 4 is 5.95 Å². The van der Waals surface area contributed by atoms with Crippen LogP contribution in [0.25, 0.3) is 0 Å². The first-order valence-electron chi connectivity index (χ1n) is 4.82. The highest BCUT2D eigenvalue weighted by Gasteiger charge is 2.47. The van der Waals surface area contributed by atoms with Crippen LogP contribution in [0, 0.1) is 10.1 Å². The maximum Gasteiger partial charge on any atom is 0.436 e. The lowest BCUT2D eigenvalue weighted by molar-refractivity contribution is -0.398. The minimum atomic E-state index is -1.80. The third kappa shape index (κ3) is 1.88. The lowest BCUT2D eigenvalue weighted by Gasteiger charge is -2.12. The molecular weight excluding hydrogens is 237 g/mol. The van der Waals surface area contributed by atoms with Crippen LogP contribution in [0.15, 0.2) is 12.4 Å². The highest BCUT2D eigenvalue weighted by atomic mass is 19.1. The smallest absolute Gasteiger partial charge is 0.394 e. The van der Waals surface area contributed by atoms with E-state index < -0.39 is 42.1 Å². The van der Waals surface area contributed by atoms with Crippen LogP contribution < -0.4 is 0 Å². The average Bonchev–Trinajstić information content (AvgIpc) is 2.86. The normalized spacial score (nSPS) is 32.9. The van der Waals surface area contributed by atoms with E-state index in [9.17, 15) is 19.6 Å². The van der Waals surface area contributed by atoms with Crippen LogP contribution >= 0.6 is 0 Å². The zero-order valence-corrected chi connectivity index (χ0v) is 8.51. The van der Waals surface area contributed by atoms with E-state index in [1.54, 1.807) is 0 Å². The molecule has 2 N–H and O–H groups in total. The van der Waals surface area contributed by atoms with E-state index in [1.165, 1.54) is 6.20 Å². The van der Waals surface area contributed by atoms with Crippen LogP contribution in [0.1, 0.15) is 6.23 Å². The van der Waals surface area contributed by atoms with Crippen molar-refractivity contribution < 1.29 is 24.3 Å². The molecule has 1 saturated heterocycles. The van der Waals surface area contributed by atoms with E-state index in [4.69, 9.17) is 9.84 Å². The Morgan fingerprint density at radius 1 is 1.71 bits per heavy atom. The summed E-state index contributed by atoms with van der Waals surface area (Å²) in [6, 6.07) is 0. The summed E-state index contributed by atoms with van der Waals surface area (Å²) in [5.74, 6) is -0.556. The van der Waals surface area contributed by atoms with Gasteiger partial charge in [-0.1, -0.05) is 4.98 Å². The molecule has 1 fully saturated rings. The van der Waals surface area contributed by atoms with Crippen LogP contribution in [-0.4, -0.2) is 49.7 Å². The Kier molecular flexibility index (Phi) is 3.05. The molecule has 0 bridgehead atoms. The van der Waals surface area contributed by atoms with Crippen LogP contribution in [0.4, 0.5) is 10.3 Å². The van der Waals surface area contributed by atoms with Crippen LogP contribution in [-0.2, 0) is 4.74 Å². The third-order valence-electron chi connectivity index (χ3n) is 2.55. The van der Waals surface area contributed by atoms with E-state index in [2.05, 4.69) is 4.98 Å². The first-order valence-corrected chi connectivity index (χ1v) is 4.82. The zero-order valence-electron chi connectivity index (χ0n) is 8.51. The average molecular weight is 247 g/mol. The van der Waals surface area contributed by atoms with Gasteiger partial charge in [0, 0.05) is 0 Å². The Labute approximate surface area is 94.4 Å². The highest BCUT2D eigenvalue weighted by Crippen LogP contribution is 2.33. The topological polar surface area (TPSA) is 111 Å². The van der Waals surface area contributed by atoms with Gasteiger partial charge in [-0.15, -0.1) is 0 Å². The number of hydrogen-bond donors (Lipinski definition) is 2. The maximum atomic E-state index is 13.4. The summed E-state index contributed by atoms with van der Waals surface area (Å²) in [5.41, 5.74) is 0. The SMILES string of the molecule is O=[N+]([O-])c1nccn1[C@@H]1O[C@H](CO)[C@H](F)[C@H]1O. The van der Waals surface area contributed by atoms with Crippen molar-refractivity contribution in [2.45, 2.75) is 24.6 Å². The van der Waals surface area contributed by atoms with Gasteiger partial charge < -0.3 is 25.1 Å². The van der Waals surface area contributed by atoms with Gasteiger partial charge in [0.25, 0.3) is 0 Å². The molecule has 0 amide bonds. The van der Waals surface area contributed by atoms with Crippen molar-refractivity contribution in [1.29, 1.82) is 0 Å². The van der Waals surface area contributed by atoms with E-state index in [-0.39, 0.29) is 0 Å². The van der Waals surface area contributed by atoms with Crippen molar-refractivity contribution in [1.82, 2.24) is 9.55 Å². The quantitative estimate of drug-likeness (QED) is 0.544. The molecule has 1 aliphatic rings. The minimum Gasteiger partial charge on any atom is -0.394 e. The number of rotatable bonds is 3. The standard InChI is InChI=1S/C8H10FN3O5/c9-5-4(3-13)17-7(6(5)14)11-2-1-10-8(11)12(15)16/h1-2,4-7,13-14H,3H2/t4-,5+,6-,7-/m1/s1. The highest BCUT2D eigenvalue weighted by molar-refractivity contribution is 5.09. The number of alkyl halides is 1. The van der Waals surface area contributed by atoms with Gasteiger partial charge in [0.05, 0.1) is 6.61 Å². The summed E-state index contributed by atoms with van der Waals surface area (Å²) >= 11 is 0. The van der Waals surface area contributed by atoms with E-state index in [0.29, 0.717) is 0 Å². The summed E-state index contributed by atoms with van der Waals surface area (Å²) in [5, 5.41) is 29.0. The van der Waals surface area contributed by atoms with Gasteiger partial charge in [0.15, 0.2) is 6.17 Å². The molecule has 0 unspecified atom stereocenters. The number of ether oxygens (including phenoxy) is 1. The number of nitro groups is 1. The summed E-state index contributed by atoms with van der Waals surface area (Å²) in [6.07, 6.45) is -3.49. The van der Waals surface area contributed by atoms with Crippen molar-refractivity contribution in [3.8, 4) is 0 Å². The molecule has 4 atom stereocenters. The fraction of sp³-hybridized carbons (Fsp3) is 0.625. The Bertz CT molecular complexity index is 425. The lowest BCUT2D eigenvalue weighted by Crippen LogP contribution is -2.29. The molecule has 8 nitrogen and oxygen atoms in total. The summed E-state index contributed by atoms with van der Waals surface area (Å²) in [7, 11) is 0. The van der Waals surface area contributed by atoms with E-state index >= 15 is 0 Å². The minimum absolute atomic E-state index is 0.556. The monoisotopic (exact) mass is 247 g/mol. The molecule has 1 aromatic heterocycles. The van der Waals surface area contributed by atoms with Gasteiger partial charge in [-0.3, -0.25) is 0 Å². The molecule has 9 heteroatoms. The molecule has 0 radical (unpaired) electrons. The molecule has 0 saturated carbocycles. The molecule has 1 aromatic rings. The largest absolute Gasteiger partial charge is 0.436 e. The van der Waals surface area contributed by atoms with Gasteiger partial charge in [0.1, 0.15) is 24.6 Å². The van der Waals surface area contributed by atoms with Gasteiger partial charge in [-0.05, 0) is 4.92 Å². The fourth-order valence-corrected chi connectivity index (χ4v) is 1.73. The van der Waals surface area contributed by atoms with Crippen molar-refractivity contribution in [2.75, 3.05) is 6.61 Å². The van der Waals surface area contributed by atoms with Gasteiger partial charge in [-0.25, -0.2) is 4.39 Å². The molecule has 0 aliphatic carbocycles. The first-order chi connectivity index (χ1) is 8.06. The predicted octanol–water partition coefficient (Wildman–Crippen LogP) is -0.620. The Morgan fingerprint density at radius 2 is 2.41 bits per heavy atom. The molecule has 0 aromatic carbocycles. The molecule has 17 heavy (non-hydrogen) atoms. The number of nitrogens with zero attached hydrogens (tertiary/aromatic N) is 3. The number of halogens is 1. The van der Waals surface area contributed by atoms with Gasteiger partial charge in [-0.2, -0.15) is 4.57 Å². The number of imidazole rings is 1. The fourth-order valence-electron chi connectivity index (χ4n) is 1.73. The zero-order chi connectivity index (χ0) is 12.6. The number of aliphatic hydroxyl groups excluding tert-OH is 2. The van der Waals surface area contributed by atoms with Crippen LogP contribution in [0.3, 0.4) is 0 Å². The Morgan fingerprint density at radius 3 is 2.94 bits per heavy atom. The number of aliphatic hydroxyl groups is 2. The predicted molar refractivity (Wildman–Crippen MR) is 50.8 cm³/mol. The van der Waals surface area contributed by atoms with E-state index in [1.807, 2.05) is 0 Å². The van der Waals surface area contributed by atoms with Crippen molar-refractivity contribution in [3.63, 3.8) is 0 Å². The molecule has 0 spiro atoms. The van der Waals surface area contributed by atoms with Gasteiger partial charge in [0.2, 0.25) is 6.23 Å². The summed E-state index contributed by atoms with van der Waals surface area (Å²) < 4.78 is 19.4. The lowest BCUT2D eigenvalue weighted by atomic mass is 10.1. The molecule has 2 heterocycles. The molecular formula is C8H10FN3O5. The third-order valence-corrected chi connectivity index (χ3v) is 2.55. The van der Waals surface area contributed by atoms with Crippen LogP contribution in [0.5, 0.6) is 0 Å². The van der Waals surface area contributed by atoms with Gasteiger partial charge >= 0.3 is 5.95 Å². The number of hydrogen-bond acceptors (Lipinski definition) is 6. The second-order valence-corrected chi connectivity index (χ2v) is 3.57. The summed E-state index contributed by atoms with van der Waals surface area (Å²) in [4.78, 5) is 13.3. The second-order valence-electron chi connectivity index (χ2n) is 3.57. The first kappa shape index (κ1) is 11.9. The Hall–Kier alpha value is -1.58. The van der Waals surface area contributed by atoms with Crippen LogP contribution in [0.2, 0.25) is 0 Å². The van der Waals surface area contributed by atoms with Crippen molar-refractivity contribution in [3.05, 3.63) is 22.5 Å². The Balaban J connectivity index is 2.29. The maximum absolute atomic E-state index is 13.4. The molecule has 2 rings (SSSR count). The van der Waals surface area contributed by atoms with E-state index in [0.717, 1.165) is 10.8 Å². The molecule has 94 valence electrons. The van der Waals surface area contributed by atoms with Crippen molar-refractivity contribution in [2.24, 2.45) is 0 Å². The second kappa shape index (κ2) is 4.35.